The molecule has 0 amide bonds. The second-order valence-corrected chi connectivity index (χ2v) is 8.65. The number of rotatable bonds is 4. The van der Waals surface area contributed by atoms with Gasteiger partial charge in [0.1, 0.15) is 0 Å². The number of hydrogen-bond donors (Lipinski definition) is 1. The maximum atomic E-state index is 5.47. The summed E-state index contributed by atoms with van der Waals surface area (Å²) in [5.74, 6) is 1.30. The summed E-state index contributed by atoms with van der Waals surface area (Å²) in [6, 6.07) is 8.33. The lowest BCUT2D eigenvalue weighted by atomic mass is 9.83. The van der Waals surface area contributed by atoms with E-state index in [4.69, 9.17) is 14.5 Å². The van der Waals surface area contributed by atoms with E-state index in [1.54, 1.807) is 20.4 Å². The molecule has 1 N–H and O–H groups in total. The fourth-order valence-corrected chi connectivity index (χ4v) is 3.83. The summed E-state index contributed by atoms with van der Waals surface area (Å²) in [5, 5.41) is 13.0. The third-order valence-electron chi connectivity index (χ3n) is 5.61. The van der Waals surface area contributed by atoms with E-state index in [-0.39, 0.29) is 5.41 Å². The summed E-state index contributed by atoms with van der Waals surface area (Å²) in [4.78, 5) is 4.78. The van der Waals surface area contributed by atoms with Crippen LogP contribution in [0.2, 0.25) is 0 Å². The summed E-state index contributed by atoms with van der Waals surface area (Å²) in [6.45, 7) is 7.74. The standard InChI is InChI=1S/C24H28N4O2/c1-24(2,3)23-10-15(8-9-25-23)19-7-6-16(13-26-19)18-14-27-28-20-12-22(30-5)21(29-4)11-17(18)20/h6-7,10-14,23,25H,8-9H2,1-5H3. The fourth-order valence-electron chi connectivity index (χ4n) is 3.83. The number of methoxy groups -OCH3 is 2. The summed E-state index contributed by atoms with van der Waals surface area (Å²) >= 11 is 0. The monoisotopic (exact) mass is 404 g/mol. The van der Waals surface area contributed by atoms with Crippen molar-refractivity contribution >= 4 is 16.5 Å². The first-order valence-corrected chi connectivity index (χ1v) is 10.2. The van der Waals surface area contributed by atoms with Gasteiger partial charge in [-0.25, -0.2) is 0 Å². The van der Waals surface area contributed by atoms with Crippen molar-refractivity contribution < 1.29 is 9.47 Å². The zero-order chi connectivity index (χ0) is 21.3. The van der Waals surface area contributed by atoms with Crippen molar-refractivity contribution in [3.05, 3.63) is 48.4 Å². The van der Waals surface area contributed by atoms with E-state index < -0.39 is 0 Å². The molecule has 3 aromatic rings. The molecule has 1 aliphatic rings. The van der Waals surface area contributed by atoms with Gasteiger partial charge in [0.25, 0.3) is 0 Å². The molecule has 6 nitrogen and oxygen atoms in total. The molecule has 0 saturated carbocycles. The number of benzene rings is 1. The van der Waals surface area contributed by atoms with E-state index in [9.17, 15) is 0 Å². The highest BCUT2D eigenvalue weighted by molar-refractivity contribution is 5.95. The van der Waals surface area contributed by atoms with Crippen LogP contribution < -0.4 is 14.8 Å². The Morgan fingerprint density at radius 3 is 2.47 bits per heavy atom. The molecule has 0 bridgehead atoms. The van der Waals surface area contributed by atoms with Crippen LogP contribution in [0, 0.1) is 5.41 Å². The molecule has 2 aromatic heterocycles. The van der Waals surface area contributed by atoms with Crippen LogP contribution in [-0.4, -0.2) is 42.0 Å². The molecule has 0 saturated heterocycles. The number of hydrogen-bond acceptors (Lipinski definition) is 6. The van der Waals surface area contributed by atoms with E-state index in [1.165, 1.54) is 5.57 Å². The van der Waals surface area contributed by atoms with Crippen LogP contribution in [0.5, 0.6) is 11.5 Å². The van der Waals surface area contributed by atoms with E-state index in [0.717, 1.165) is 40.7 Å². The number of nitrogens with zero attached hydrogens (tertiary/aromatic N) is 3. The molecule has 30 heavy (non-hydrogen) atoms. The van der Waals surface area contributed by atoms with Crippen molar-refractivity contribution in [2.75, 3.05) is 20.8 Å². The lowest BCUT2D eigenvalue weighted by molar-refractivity contribution is 0.310. The minimum atomic E-state index is 0.174. The number of aromatic nitrogens is 3. The van der Waals surface area contributed by atoms with Gasteiger partial charge in [0.05, 0.1) is 31.6 Å². The minimum Gasteiger partial charge on any atom is -0.493 e. The molecular weight excluding hydrogens is 376 g/mol. The molecule has 0 radical (unpaired) electrons. The average Bonchev–Trinajstić information content (AvgIpc) is 2.77. The molecule has 3 heterocycles. The summed E-state index contributed by atoms with van der Waals surface area (Å²) in [6.07, 6.45) is 6.99. The van der Waals surface area contributed by atoms with Gasteiger partial charge in [0.2, 0.25) is 0 Å². The Bertz CT molecular complexity index is 1080. The molecule has 0 spiro atoms. The molecule has 0 fully saturated rings. The number of nitrogens with one attached hydrogen (secondary N) is 1. The summed E-state index contributed by atoms with van der Waals surface area (Å²) in [5.41, 5.74) is 5.21. The second kappa shape index (κ2) is 8.03. The first kappa shape index (κ1) is 20.3. The molecule has 0 aliphatic carbocycles. The Hall–Kier alpha value is -2.99. The van der Waals surface area contributed by atoms with Crippen LogP contribution in [-0.2, 0) is 0 Å². The van der Waals surface area contributed by atoms with Crippen molar-refractivity contribution in [1.82, 2.24) is 20.5 Å². The molecule has 1 aliphatic heterocycles. The minimum absolute atomic E-state index is 0.174. The van der Waals surface area contributed by atoms with E-state index in [0.29, 0.717) is 17.5 Å². The Labute approximate surface area is 177 Å². The highest BCUT2D eigenvalue weighted by Gasteiger charge is 2.25. The van der Waals surface area contributed by atoms with Gasteiger partial charge in [0.15, 0.2) is 11.5 Å². The highest BCUT2D eigenvalue weighted by Crippen LogP contribution is 2.36. The van der Waals surface area contributed by atoms with Crippen molar-refractivity contribution in [3.8, 4) is 22.6 Å². The van der Waals surface area contributed by atoms with E-state index in [1.807, 2.05) is 18.3 Å². The van der Waals surface area contributed by atoms with Crippen LogP contribution >= 0.6 is 0 Å². The van der Waals surface area contributed by atoms with Gasteiger partial charge >= 0.3 is 0 Å². The van der Waals surface area contributed by atoms with Gasteiger partial charge in [-0.3, -0.25) is 4.98 Å². The maximum absolute atomic E-state index is 5.47. The van der Waals surface area contributed by atoms with Gasteiger partial charge in [-0.2, -0.15) is 10.2 Å². The Morgan fingerprint density at radius 2 is 1.80 bits per heavy atom. The third-order valence-corrected chi connectivity index (χ3v) is 5.61. The molecule has 1 atom stereocenters. The van der Waals surface area contributed by atoms with Crippen molar-refractivity contribution in [3.63, 3.8) is 0 Å². The van der Waals surface area contributed by atoms with Crippen molar-refractivity contribution in [2.24, 2.45) is 5.41 Å². The fraction of sp³-hybridized carbons (Fsp3) is 0.375. The number of fused-ring (bicyclic) bond motifs is 1. The largest absolute Gasteiger partial charge is 0.493 e. The van der Waals surface area contributed by atoms with E-state index in [2.05, 4.69) is 54.5 Å². The summed E-state index contributed by atoms with van der Waals surface area (Å²) < 4.78 is 10.9. The number of ether oxygens (including phenoxy) is 2. The molecule has 1 unspecified atom stereocenters. The van der Waals surface area contributed by atoms with Gasteiger partial charge in [0, 0.05) is 34.8 Å². The molecule has 1 aromatic carbocycles. The average molecular weight is 405 g/mol. The molecule has 4 rings (SSSR count). The van der Waals surface area contributed by atoms with Gasteiger partial charge in [-0.1, -0.05) is 32.9 Å². The van der Waals surface area contributed by atoms with Crippen LogP contribution in [0.4, 0.5) is 0 Å². The molecule has 6 heteroatoms. The topological polar surface area (TPSA) is 69.2 Å². The Morgan fingerprint density at radius 1 is 1.03 bits per heavy atom. The van der Waals surface area contributed by atoms with Crippen LogP contribution in [0.3, 0.4) is 0 Å². The van der Waals surface area contributed by atoms with E-state index >= 15 is 0 Å². The second-order valence-electron chi connectivity index (χ2n) is 8.65. The van der Waals surface area contributed by atoms with Gasteiger partial charge < -0.3 is 14.8 Å². The maximum Gasteiger partial charge on any atom is 0.162 e. The van der Waals surface area contributed by atoms with Gasteiger partial charge in [-0.15, -0.1) is 0 Å². The predicted octanol–water partition coefficient (Wildman–Crippen LogP) is 4.50. The third kappa shape index (κ3) is 3.87. The van der Waals surface area contributed by atoms with Crippen molar-refractivity contribution in [1.29, 1.82) is 0 Å². The predicted molar refractivity (Wildman–Crippen MR) is 120 cm³/mol. The summed E-state index contributed by atoms with van der Waals surface area (Å²) in [7, 11) is 3.25. The molecule has 156 valence electrons. The van der Waals surface area contributed by atoms with Crippen LogP contribution in [0.15, 0.2) is 42.7 Å². The van der Waals surface area contributed by atoms with Crippen LogP contribution in [0.25, 0.3) is 27.6 Å². The lowest BCUT2D eigenvalue weighted by Crippen LogP contribution is -2.41. The first-order chi connectivity index (χ1) is 14.4. The lowest BCUT2D eigenvalue weighted by Gasteiger charge is -2.33. The normalized spacial score (nSPS) is 17.0. The quantitative estimate of drug-likeness (QED) is 0.690. The Kier molecular flexibility index (Phi) is 5.43. The van der Waals surface area contributed by atoms with Crippen LogP contribution in [0.1, 0.15) is 32.9 Å². The van der Waals surface area contributed by atoms with Crippen molar-refractivity contribution in [2.45, 2.75) is 33.2 Å². The zero-order valence-corrected chi connectivity index (χ0v) is 18.2. The van der Waals surface area contributed by atoms with Gasteiger partial charge in [-0.05, 0) is 36.1 Å². The number of pyridine rings is 1. The Balaban J connectivity index is 1.71. The smallest absolute Gasteiger partial charge is 0.162 e. The molecular formula is C24H28N4O2. The SMILES string of the molecule is COc1cc2nncc(-c3ccc(C4=CC(C(C)(C)C)NCC4)nc3)c2cc1OC. The highest BCUT2D eigenvalue weighted by atomic mass is 16.5. The zero-order valence-electron chi connectivity index (χ0n) is 18.2. The first-order valence-electron chi connectivity index (χ1n) is 10.2.